The van der Waals surface area contributed by atoms with Crippen LogP contribution in [0.3, 0.4) is 0 Å². The molecule has 104 valence electrons. The van der Waals surface area contributed by atoms with Gasteiger partial charge >= 0.3 is 0 Å². The Morgan fingerprint density at radius 2 is 1.89 bits per heavy atom. The average molecular weight is 266 g/mol. The summed E-state index contributed by atoms with van der Waals surface area (Å²) < 4.78 is 13.0. The van der Waals surface area contributed by atoms with Gasteiger partial charge in [0.05, 0.1) is 6.54 Å². The highest BCUT2D eigenvalue weighted by molar-refractivity contribution is 5.95. The summed E-state index contributed by atoms with van der Waals surface area (Å²) in [6.07, 6.45) is 0. The third kappa shape index (κ3) is 4.69. The minimum atomic E-state index is -0.547. The lowest BCUT2D eigenvalue weighted by Crippen LogP contribution is -2.39. The molecule has 0 aliphatic rings. The maximum atomic E-state index is 13.0. The molecule has 0 aromatic heterocycles. The van der Waals surface area contributed by atoms with Gasteiger partial charge in [0.2, 0.25) is 11.8 Å². The first-order valence-corrected chi connectivity index (χ1v) is 6.04. The van der Waals surface area contributed by atoms with Gasteiger partial charge in [0.25, 0.3) is 0 Å². The van der Waals surface area contributed by atoms with Crippen LogP contribution in [0.25, 0.3) is 0 Å². The number of nitrogens with one attached hydrogen (secondary N) is 2. The summed E-state index contributed by atoms with van der Waals surface area (Å²) in [5.74, 6) is -1.01. The maximum Gasteiger partial charge on any atom is 0.243 e. The van der Waals surface area contributed by atoms with Crippen LogP contribution in [-0.2, 0) is 9.59 Å². The van der Waals surface area contributed by atoms with Gasteiger partial charge in [0.1, 0.15) is 5.82 Å². The summed E-state index contributed by atoms with van der Waals surface area (Å²) in [6.45, 7) is 6.92. The van der Waals surface area contributed by atoms with Crippen molar-refractivity contribution in [3.63, 3.8) is 0 Å². The number of hydrogen-bond acceptors (Lipinski definition) is 2. The molecule has 0 heterocycles. The molecule has 0 saturated carbocycles. The van der Waals surface area contributed by atoms with E-state index in [9.17, 15) is 14.0 Å². The lowest BCUT2D eigenvalue weighted by atomic mass is 9.96. The van der Waals surface area contributed by atoms with Crippen LogP contribution in [0.15, 0.2) is 18.2 Å². The largest absolute Gasteiger partial charge is 0.347 e. The molecule has 0 aliphatic carbocycles. The van der Waals surface area contributed by atoms with E-state index in [1.165, 1.54) is 12.1 Å². The van der Waals surface area contributed by atoms with Crippen molar-refractivity contribution in [3.05, 3.63) is 29.6 Å². The fraction of sp³-hybridized carbons (Fsp3) is 0.429. The van der Waals surface area contributed by atoms with Crippen molar-refractivity contribution in [2.24, 2.45) is 5.41 Å². The van der Waals surface area contributed by atoms with E-state index in [4.69, 9.17) is 0 Å². The minimum Gasteiger partial charge on any atom is -0.347 e. The van der Waals surface area contributed by atoms with Crippen molar-refractivity contribution in [2.75, 3.05) is 11.9 Å². The summed E-state index contributed by atoms with van der Waals surface area (Å²) in [5, 5.41) is 5.10. The highest BCUT2D eigenvalue weighted by Crippen LogP contribution is 2.16. The van der Waals surface area contributed by atoms with Crippen molar-refractivity contribution in [1.82, 2.24) is 5.32 Å². The number of amides is 2. The summed E-state index contributed by atoms with van der Waals surface area (Å²) in [5.41, 5.74) is 0.626. The highest BCUT2D eigenvalue weighted by atomic mass is 19.1. The van der Waals surface area contributed by atoms with Gasteiger partial charge in [0, 0.05) is 11.1 Å². The molecule has 0 unspecified atom stereocenters. The molecule has 2 N–H and O–H groups in total. The number of anilines is 1. The lowest BCUT2D eigenvalue weighted by Gasteiger charge is -2.17. The Kier molecular flexibility index (Phi) is 4.64. The number of aryl methyl sites for hydroxylation is 1. The molecule has 4 nitrogen and oxygen atoms in total. The SMILES string of the molecule is Cc1ccc(F)cc1NC(=O)CNC(=O)C(C)(C)C. The van der Waals surface area contributed by atoms with Gasteiger partial charge < -0.3 is 10.6 Å². The molecule has 0 radical (unpaired) electrons. The van der Waals surface area contributed by atoms with E-state index in [0.717, 1.165) is 5.56 Å². The standard InChI is InChI=1S/C14H19FN2O2/c1-9-5-6-10(15)7-11(9)17-12(18)8-16-13(19)14(2,3)4/h5-7H,8H2,1-4H3,(H,16,19)(H,17,18). The normalized spacial score (nSPS) is 11.0. The van der Waals surface area contributed by atoms with Crippen LogP contribution in [-0.4, -0.2) is 18.4 Å². The Bertz CT molecular complexity index is 493. The second-order valence-corrected chi connectivity index (χ2v) is 5.44. The molecule has 1 aromatic rings. The summed E-state index contributed by atoms with van der Waals surface area (Å²) in [4.78, 5) is 23.3. The second-order valence-electron chi connectivity index (χ2n) is 5.44. The van der Waals surface area contributed by atoms with Crippen LogP contribution in [0.5, 0.6) is 0 Å². The first-order valence-electron chi connectivity index (χ1n) is 6.04. The molecular weight excluding hydrogens is 247 g/mol. The first kappa shape index (κ1) is 15.1. The molecule has 2 amide bonds. The van der Waals surface area contributed by atoms with E-state index in [-0.39, 0.29) is 18.4 Å². The van der Waals surface area contributed by atoms with E-state index < -0.39 is 11.2 Å². The van der Waals surface area contributed by atoms with Crippen molar-refractivity contribution in [3.8, 4) is 0 Å². The Labute approximate surface area is 112 Å². The van der Waals surface area contributed by atoms with Crippen LogP contribution in [0.1, 0.15) is 26.3 Å². The monoisotopic (exact) mass is 266 g/mol. The van der Waals surface area contributed by atoms with E-state index >= 15 is 0 Å². The van der Waals surface area contributed by atoms with Gasteiger partial charge in [-0.3, -0.25) is 9.59 Å². The van der Waals surface area contributed by atoms with Crippen LogP contribution < -0.4 is 10.6 Å². The first-order chi connectivity index (χ1) is 8.70. The van der Waals surface area contributed by atoms with Gasteiger partial charge in [-0.05, 0) is 24.6 Å². The average Bonchev–Trinajstić information content (AvgIpc) is 2.29. The number of carbonyl (C=O) groups excluding carboxylic acids is 2. The van der Waals surface area contributed by atoms with E-state index in [2.05, 4.69) is 10.6 Å². The van der Waals surface area contributed by atoms with Crippen molar-refractivity contribution >= 4 is 17.5 Å². The van der Waals surface area contributed by atoms with Crippen LogP contribution in [0, 0.1) is 18.2 Å². The molecule has 0 atom stereocenters. The summed E-state index contributed by atoms with van der Waals surface area (Å²) in [6, 6.07) is 4.16. The Hall–Kier alpha value is -1.91. The van der Waals surface area contributed by atoms with Gasteiger partial charge in [-0.15, -0.1) is 0 Å². The molecule has 5 heteroatoms. The van der Waals surface area contributed by atoms with Crippen LogP contribution in [0.2, 0.25) is 0 Å². The van der Waals surface area contributed by atoms with Crippen molar-refractivity contribution < 1.29 is 14.0 Å². The van der Waals surface area contributed by atoms with E-state index in [1.807, 2.05) is 0 Å². The smallest absolute Gasteiger partial charge is 0.243 e. The fourth-order valence-electron chi connectivity index (χ4n) is 1.35. The molecule has 0 aliphatic heterocycles. The molecule has 0 bridgehead atoms. The molecule has 0 fully saturated rings. The fourth-order valence-corrected chi connectivity index (χ4v) is 1.35. The summed E-state index contributed by atoms with van der Waals surface area (Å²) in [7, 11) is 0. The third-order valence-corrected chi connectivity index (χ3v) is 2.56. The Morgan fingerprint density at radius 3 is 2.47 bits per heavy atom. The predicted molar refractivity (Wildman–Crippen MR) is 72.2 cm³/mol. The maximum absolute atomic E-state index is 13.0. The van der Waals surface area contributed by atoms with Gasteiger partial charge in [-0.25, -0.2) is 4.39 Å². The van der Waals surface area contributed by atoms with Gasteiger partial charge in [-0.2, -0.15) is 0 Å². The molecule has 19 heavy (non-hydrogen) atoms. The predicted octanol–water partition coefficient (Wildman–Crippen LogP) is 2.23. The number of carbonyl (C=O) groups is 2. The zero-order chi connectivity index (χ0) is 14.6. The number of halogens is 1. The number of benzene rings is 1. The highest BCUT2D eigenvalue weighted by Gasteiger charge is 2.21. The Balaban J connectivity index is 2.57. The topological polar surface area (TPSA) is 58.2 Å². The zero-order valence-electron chi connectivity index (χ0n) is 11.6. The Morgan fingerprint density at radius 1 is 1.26 bits per heavy atom. The summed E-state index contributed by atoms with van der Waals surface area (Å²) >= 11 is 0. The quantitative estimate of drug-likeness (QED) is 0.881. The molecule has 0 saturated heterocycles. The van der Waals surface area contributed by atoms with Crippen molar-refractivity contribution in [2.45, 2.75) is 27.7 Å². The van der Waals surface area contributed by atoms with Crippen molar-refractivity contribution in [1.29, 1.82) is 0 Å². The van der Waals surface area contributed by atoms with Crippen LogP contribution >= 0.6 is 0 Å². The lowest BCUT2D eigenvalue weighted by molar-refractivity contribution is -0.130. The van der Waals surface area contributed by atoms with Gasteiger partial charge in [-0.1, -0.05) is 26.8 Å². The third-order valence-electron chi connectivity index (χ3n) is 2.56. The van der Waals surface area contributed by atoms with E-state index in [0.29, 0.717) is 5.69 Å². The molecule has 1 rings (SSSR count). The molecular formula is C14H19FN2O2. The number of hydrogen-bond donors (Lipinski definition) is 2. The second kappa shape index (κ2) is 5.82. The van der Waals surface area contributed by atoms with Crippen LogP contribution in [0.4, 0.5) is 10.1 Å². The number of rotatable bonds is 3. The van der Waals surface area contributed by atoms with E-state index in [1.54, 1.807) is 33.8 Å². The molecule has 1 aromatic carbocycles. The zero-order valence-corrected chi connectivity index (χ0v) is 11.6. The van der Waals surface area contributed by atoms with Gasteiger partial charge in [0.15, 0.2) is 0 Å². The minimum absolute atomic E-state index is 0.133. The molecule has 0 spiro atoms.